The number of halogens is 1. The second-order valence-corrected chi connectivity index (χ2v) is 8.53. The second kappa shape index (κ2) is 11.1. The summed E-state index contributed by atoms with van der Waals surface area (Å²) in [6.07, 6.45) is 4.46. The molecule has 1 saturated heterocycles. The predicted octanol–water partition coefficient (Wildman–Crippen LogP) is 4.29. The van der Waals surface area contributed by atoms with E-state index < -0.39 is 5.91 Å². The van der Waals surface area contributed by atoms with Crippen molar-refractivity contribution in [3.05, 3.63) is 83.2 Å². The zero-order valence-corrected chi connectivity index (χ0v) is 18.9. The van der Waals surface area contributed by atoms with Crippen LogP contribution < -0.4 is 11.1 Å². The van der Waals surface area contributed by atoms with Crippen LogP contribution in [0.3, 0.4) is 0 Å². The van der Waals surface area contributed by atoms with Crippen LogP contribution in [0.2, 0.25) is 0 Å². The average Bonchev–Trinajstić information content (AvgIpc) is 3.34. The molecule has 0 aliphatic carbocycles. The highest BCUT2D eigenvalue weighted by Gasteiger charge is 2.16. The Morgan fingerprint density at radius 1 is 1.00 bits per heavy atom. The fourth-order valence-electron chi connectivity index (χ4n) is 4.52. The number of amides is 1. The highest BCUT2D eigenvalue weighted by Crippen LogP contribution is 2.22. The van der Waals surface area contributed by atoms with E-state index in [1.165, 1.54) is 18.9 Å². The molecule has 6 heteroatoms. The Kier molecular flexibility index (Phi) is 7.68. The zero-order valence-electron chi connectivity index (χ0n) is 18.9. The zero-order chi connectivity index (χ0) is 23.0. The van der Waals surface area contributed by atoms with Crippen molar-refractivity contribution < 1.29 is 9.18 Å². The maximum Gasteiger partial charge on any atom is 0.258 e. The van der Waals surface area contributed by atoms with Gasteiger partial charge < -0.3 is 10.6 Å². The fourth-order valence-corrected chi connectivity index (χ4v) is 4.52. The largest absolute Gasteiger partial charge is 0.370 e. The van der Waals surface area contributed by atoms with Gasteiger partial charge in [-0.25, -0.2) is 4.39 Å². The van der Waals surface area contributed by atoms with Gasteiger partial charge >= 0.3 is 0 Å². The standard InChI is InChI=1S/C27H31FN4O/c28-25-13-6-12-24(26(33)31-27(29)30-16-7-19-32-17-3-4-18-32)23(25)15-14-21-10-5-9-20-8-1-2-11-22(20)21/h1-2,5-6,8-13H,3-4,7,14-19H2,(H3,29,30,31,33). The fraction of sp³-hybridized carbons (Fsp3) is 0.333. The van der Waals surface area contributed by atoms with Gasteiger partial charge in [0.25, 0.3) is 5.91 Å². The van der Waals surface area contributed by atoms with Gasteiger partial charge in [0.1, 0.15) is 5.82 Å². The molecule has 1 heterocycles. The number of hydrogen-bond donors (Lipinski definition) is 2. The third-order valence-corrected chi connectivity index (χ3v) is 6.24. The molecule has 0 radical (unpaired) electrons. The first-order valence-electron chi connectivity index (χ1n) is 11.7. The van der Waals surface area contributed by atoms with Crippen LogP contribution in [0.15, 0.2) is 65.7 Å². The SMILES string of the molecule is NC(=NCCCN1CCCC1)NC(=O)c1cccc(F)c1CCc1cccc2ccccc12. The number of nitrogens with zero attached hydrogens (tertiary/aromatic N) is 2. The molecule has 0 saturated carbocycles. The molecule has 0 aromatic heterocycles. The number of aryl methyl sites for hydroxylation is 1. The van der Waals surface area contributed by atoms with Crippen LogP contribution in [-0.2, 0) is 12.8 Å². The summed E-state index contributed by atoms with van der Waals surface area (Å²) < 4.78 is 14.7. The Labute approximate surface area is 194 Å². The molecular weight excluding hydrogens is 415 g/mol. The topological polar surface area (TPSA) is 70.7 Å². The van der Waals surface area contributed by atoms with Gasteiger partial charge in [0.15, 0.2) is 5.96 Å². The minimum atomic E-state index is -0.428. The maximum atomic E-state index is 14.7. The van der Waals surface area contributed by atoms with Crippen molar-refractivity contribution in [2.24, 2.45) is 10.7 Å². The minimum absolute atomic E-state index is 0.0747. The number of rotatable bonds is 8. The number of nitrogens with one attached hydrogen (secondary N) is 1. The molecule has 33 heavy (non-hydrogen) atoms. The minimum Gasteiger partial charge on any atom is -0.370 e. The van der Waals surface area contributed by atoms with Crippen molar-refractivity contribution in [3.63, 3.8) is 0 Å². The molecule has 0 unspecified atom stereocenters. The lowest BCUT2D eigenvalue weighted by Gasteiger charge is -2.13. The van der Waals surface area contributed by atoms with Crippen LogP contribution in [0, 0.1) is 5.82 Å². The monoisotopic (exact) mass is 446 g/mol. The first-order chi connectivity index (χ1) is 16.1. The van der Waals surface area contributed by atoms with Crippen molar-refractivity contribution in [2.75, 3.05) is 26.2 Å². The van der Waals surface area contributed by atoms with Crippen molar-refractivity contribution >= 4 is 22.6 Å². The van der Waals surface area contributed by atoms with Gasteiger partial charge in [-0.3, -0.25) is 15.1 Å². The van der Waals surface area contributed by atoms with Crippen molar-refractivity contribution in [1.82, 2.24) is 10.2 Å². The number of fused-ring (bicyclic) bond motifs is 1. The molecule has 1 amide bonds. The summed E-state index contributed by atoms with van der Waals surface area (Å²) in [6, 6.07) is 18.8. The van der Waals surface area contributed by atoms with E-state index in [1.54, 1.807) is 12.1 Å². The Morgan fingerprint density at radius 3 is 2.61 bits per heavy atom. The van der Waals surface area contributed by atoms with Crippen LogP contribution in [0.4, 0.5) is 4.39 Å². The summed E-state index contributed by atoms with van der Waals surface area (Å²) in [5.41, 5.74) is 7.75. The average molecular weight is 447 g/mol. The number of aliphatic imine (C=N–C) groups is 1. The van der Waals surface area contributed by atoms with E-state index in [0.29, 0.717) is 30.5 Å². The molecule has 5 nitrogen and oxygen atoms in total. The smallest absolute Gasteiger partial charge is 0.258 e. The van der Waals surface area contributed by atoms with E-state index in [9.17, 15) is 9.18 Å². The van der Waals surface area contributed by atoms with Crippen molar-refractivity contribution in [1.29, 1.82) is 0 Å². The van der Waals surface area contributed by atoms with Crippen molar-refractivity contribution in [2.45, 2.75) is 32.1 Å². The molecule has 1 fully saturated rings. The van der Waals surface area contributed by atoms with Gasteiger partial charge in [-0.1, -0.05) is 48.5 Å². The van der Waals surface area contributed by atoms with Crippen LogP contribution in [0.5, 0.6) is 0 Å². The lowest BCUT2D eigenvalue weighted by molar-refractivity contribution is 0.0975. The van der Waals surface area contributed by atoms with Gasteiger partial charge in [-0.2, -0.15) is 0 Å². The van der Waals surface area contributed by atoms with Gasteiger partial charge in [0.2, 0.25) is 0 Å². The van der Waals surface area contributed by atoms with Crippen molar-refractivity contribution in [3.8, 4) is 0 Å². The van der Waals surface area contributed by atoms with Gasteiger partial charge in [0.05, 0.1) is 0 Å². The molecule has 3 aromatic rings. The van der Waals surface area contributed by atoms with Crippen LogP contribution >= 0.6 is 0 Å². The highest BCUT2D eigenvalue weighted by atomic mass is 19.1. The van der Waals surface area contributed by atoms with Crippen LogP contribution in [-0.4, -0.2) is 42.9 Å². The van der Waals surface area contributed by atoms with Gasteiger partial charge in [-0.05, 0) is 80.2 Å². The van der Waals surface area contributed by atoms with Crippen LogP contribution in [0.25, 0.3) is 10.8 Å². The number of likely N-dealkylation sites (tertiary alicyclic amines) is 1. The van der Waals surface area contributed by atoms with Crippen LogP contribution in [0.1, 0.15) is 40.7 Å². The number of carbonyl (C=O) groups is 1. The molecule has 1 aliphatic heterocycles. The Morgan fingerprint density at radius 2 is 1.76 bits per heavy atom. The molecule has 172 valence electrons. The Balaban J connectivity index is 1.40. The lowest BCUT2D eigenvalue weighted by Crippen LogP contribution is -2.37. The normalized spacial score (nSPS) is 14.6. The van der Waals surface area contributed by atoms with E-state index in [1.807, 2.05) is 18.2 Å². The lowest BCUT2D eigenvalue weighted by atomic mass is 9.96. The van der Waals surface area contributed by atoms with E-state index in [-0.39, 0.29) is 11.8 Å². The third kappa shape index (κ3) is 5.96. The summed E-state index contributed by atoms with van der Waals surface area (Å²) in [5.74, 6) is -0.738. The van der Waals surface area contributed by atoms with E-state index in [2.05, 4.69) is 39.5 Å². The molecule has 0 atom stereocenters. The first kappa shape index (κ1) is 22.9. The maximum absolute atomic E-state index is 14.7. The molecule has 1 aliphatic rings. The van der Waals surface area contributed by atoms with Gasteiger partial charge in [-0.15, -0.1) is 0 Å². The summed E-state index contributed by atoms with van der Waals surface area (Å²) >= 11 is 0. The first-order valence-corrected chi connectivity index (χ1v) is 11.7. The van der Waals surface area contributed by atoms with E-state index in [4.69, 9.17) is 5.73 Å². The summed E-state index contributed by atoms with van der Waals surface area (Å²) in [6.45, 7) is 3.85. The number of hydrogen-bond acceptors (Lipinski definition) is 3. The second-order valence-electron chi connectivity index (χ2n) is 8.53. The molecule has 0 spiro atoms. The van der Waals surface area contributed by atoms with E-state index in [0.717, 1.165) is 42.4 Å². The summed E-state index contributed by atoms with van der Waals surface area (Å²) in [4.78, 5) is 19.5. The number of carbonyl (C=O) groups excluding carboxylic acids is 1. The van der Waals surface area contributed by atoms with E-state index >= 15 is 0 Å². The highest BCUT2D eigenvalue weighted by molar-refractivity contribution is 6.06. The third-order valence-electron chi connectivity index (χ3n) is 6.24. The van der Waals surface area contributed by atoms with Gasteiger partial charge in [0, 0.05) is 17.7 Å². The number of nitrogens with two attached hydrogens (primary N) is 1. The number of benzene rings is 3. The molecule has 0 bridgehead atoms. The summed E-state index contributed by atoms with van der Waals surface area (Å²) in [7, 11) is 0. The predicted molar refractivity (Wildman–Crippen MR) is 132 cm³/mol. The molecule has 3 N–H and O–H groups in total. The quantitative estimate of drug-likeness (QED) is 0.308. The Bertz CT molecular complexity index is 1130. The number of guanidine groups is 1. The molecular formula is C27H31FN4O. The molecule has 4 rings (SSSR count). The summed E-state index contributed by atoms with van der Waals surface area (Å²) in [5, 5.41) is 4.92. The Hall–Kier alpha value is -3.25. The molecule has 3 aromatic carbocycles.